The van der Waals surface area contributed by atoms with E-state index in [1.165, 1.54) is 32.1 Å². The topological polar surface area (TPSA) is 0 Å². The molecule has 4 saturated carbocycles. The minimum atomic E-state index is 0. The molecule has 0 nitrogen and oxygen atoms in total. The van der Waals surface area contributed by atoms with Gasteiger partial charge in [0.05, 0.1) is 0 Å². The van der Waals surface area contributed by atoms with Crippen LogP contribution in [0.25, 0.3) is 0 Å². The zero-order chi connectivity index (χ0) is 20.1. The Kier molecular flexibility index (Phi) is 7.23. The number of hydrogen-bond donors (Lipinski definition) is 0. The molecule has 0 aromatic heterocycles. The second-order valence-corrected chi connectivity index (χ2v) is 13.1. The lowest BCUT2D eigenvalue weighted by Gasteiger charge is -2.61. The molecule has 4 rings (SSSR count). The van der Waals surface area contributed by atoms with Crippen molar-refractivity contribution in [2.45, 2.75) is 126 Å². The largest absolute Gasteiger partial charge is 0.0776 e. The summed E-state index contributed by atoms with van der Waals surface area (Å²) in [5, 5.41) is 0. The van der Waals surface area contributed by atoms with Gasteiger partial charge in [-0.25, -0.2) is 0 Å². The Morgan fingerprint density at radius 1 is 0.793 bits per heavy atom. The summed E-state index contributed by atoms with van der Waals surface area (Å²) in [5.41, 5.74) is 1.36. The van der Waals surface area contributed by atoms with Crippen molar-refractivity contribution in [2.75, 3.05) is 0 Å². The molecule has 0 aromatic rings. The van der Waals surface area contributed by atoms with Gasteiger partial charge in [-0.15, -0.1) is 0 Å². The summed E-state index contributed by atoms with van der Waals surface area (Å²) in [6.45, 7) is 15.4. The van der Waals surface area contributed by atoms with Crippen LogP contribution in [0.5, 0.6) is 0 Å². The van der Waals surface area contributed by atoms with E-state index in [0.717, 1.165) is 47.3 Å². The Labute approximate surface area is 184 Å². The van der Waals surface area contributed by atoms with Crippen LogP contribution in [-0.4, -0.2) is 0 Å². The fraction of sp³-hybridized carbons (Fsp3) is 1.00. The minimum Gasteiger partial charge on any atom is -0.0776 e. The molecule has 0 N–H and O–H groups in total. The van der Waals surface area contributed by atoms with Crippen LogP contribution in [0.1, 0.15) is 126 Å². The zero-order valence-corrected chi connectivity index (χ0v) is 20.1. The molecule has 0 amide bonds. The number of fused-ring (bicyclic) bond motifs is 5. The second kappa shape index (κ2) is 8.86. The molecule has 170 valence electrons. The summed E-state index contributed by atoms with van der Waals surface area (Å²) >= 11 is 0. The predicted octanol–water partition coefficient (Wildman–Crippen LogP) is 9.38. The van der Waals surface area contributed by atoms with Gasteiger partial charge in [0, 0.05) is 0 Å². The molecule has 0 radical (unpaired) electrons. The van der Waals surface area contributed by atoms with Gasteiger partial charge in [-0.05, 0) is 110 Å². The van der Waals surface area contributed by atoms with E-state index in [9.17, 15) is 0 Å². The summed E-state index contributed by atoms with van der Waals surface area (Å²) in [4.78, 5) is 0. The molecule has 9 unspecified atom stereocenters. The molecule has 0 bridgehead atoms. The lowest BCUT2D eigenvalue weighted by atomic mass is 9.44. The summed E-state index contributed by atoms with van der Waals surface area (Å²) in [6, 6.07) is 0. The summed E-state index contributed by atoms with van der Waals surface area (Å²) in [5.74, 6) is 8.08. The first kappa shape index (κ1) is 23.7. The molecule has 29 heavy (non-hydrogen) atoms. The predicted molar refractivity (Wildman–Crippen MR) is 129 cm³/mol. The highest BCUT2D eigenvalue weighted by atomic mass is 14.6. The fourth-order valence-electron chi connectivity index (χ4n) is 9.50. The van der Waals surface area contributed by atoms with Crippen molar-refractivity contribution < 1.29 is 0 Å². The second-order valence-electron chi connectivity index (χ2n) is 13.1. The van der Waals surface area contributed by atoms with Crippen LogP contribution in [-0.2, 0) is 0 Å². The van der Waals surface area contributed by atoms with E-state index >= 15 is 0 Å². The zero-order valence-electron chi connectivity index (χ0n) is 20.1. The monoisotopic (exact) mass is 402 g/mol. The number of hydrogen-bond acceptors (Lipinski definition) is 0. The summed E-state index contributed by atoms with van der Waals surface area (Å²) < 4.78 is 0. The average Bonchev–Trinajstić information content (AvgIpc) is 2.99. The van der Waals surface area contributed by atoms with Crippen molar-refractivity contribution in [3.05, 3.63) is 0 Å². The van der Waals surface area contributed by atoms with Gasteiger partial charge in [-0.3, -0.25) is 0 Å². The minimum absolute atomic E-state index is 0. The third-order valence-corrected chi connectivity index (χ3v) is 11.1. The van der Waals surface area contributed by atoms with Crippen LogP contribution >= 0.6 is 0 Å². The lowest BCUT2D eigenvalue weighted by Crippen LogP contribution is -2.53. The fourth-order valence-corrected chi connectivity index (χ4v) is 9.50. The van der Waals surface area contributed by atoms with Crippen LogP contribution in [0, 0.1) is 58.2 Å². The van der Waals surface area contributed by atoms with Crippen LogP contribution in [0.4, 0.5) is 0 Å². The van der Waals surface area contributed by atoms with Gasteiger partial charge in [-0.2, -0.15) is 0 Å². The third-order valence-electron chi connectivity index (χ3n) is 11.1. The average molecular weight is 403 g/mol. The maximum atomic E-state index is 2.75. The van der Waals surface area contributed by atoms with Crippen LogP contribution < -0.4 is 0 Å². The molecule has 4 fully saturated rings. The molecule has 0 spiro atoms. The Morgan fingerprint density at radius 2 is 1.48 bits per heavy atom. The van der Waals surface area contributed by atoms with Crippen LogP contribution in [0.15, 0.2) is 0 Å². The van der Waals surface area contributed by atoms with E-state index in [-0.39, 0.29) is 7.43 Å². The molecule has 0 aromatic carbocycles. The highest BCUT2D eigenvalue weighted by Crippen LogP contribution is 2.68. The normalized spacial score (nSPS) is 47.7. The maximum Gasteiger partial charge on any atom is -0.0264 e. The van der Waals surface area contributed by atoms with Gasteiger partial charge < -0.3 is 0 Å². The number of rotatable bonds is 5. The van der Waals surface area contributed by atoms with E-state index in [2.05, 4.69) is 41.5 Å². The van der Waals surface area contributed by atoms with Gasteiger partial charge in [0.25, 0.3) is 0 Å². The highest BCUT2D eigenvalue weighted by molar-refractivity contribution is 5.09. The molecule has 4 aliphatic rings. The first-order valence-corrected chi connectivity index (χ1v) is 13.3. The Bertz CT molecular complexity index is 534. The van der Waals surface area contributed by atoms with E-state index in [0.29, 0.717) is 10.8 Å². The Morgan fingerprint density at radius 3 is 2.21 bits per heavy atom. The first-order chi connectivity index (χ1) is 13.3. The first-order valence-electron chi connectivity index (χ1n) is 13.3. The van der Waals surface area contributed by atoms with E-state index < -0.39 is 0 Å². The van der Waals surface area contributed by atoms with E-state index in [1.54, 1.807) is 44.9 Å². The smallest absolute Gasteiger partial charge is 0.0264 e. The van der Waals surface area contributed by atoms with Gasteiger partial charge >= 0.3 is 0 Å². The van der Waals surface area contributed by atoms with Gasteiger partial charge in [0.1, 0.15) is 0 Å². The van der Waals surface area contributed by atoms with Gasteiger partial charge in [-0.1, -0.05) is 74.7 Å². The standard InChI is InChI=1S/C28H50.CH4/c1-19(2)8-7-9-21(4)24-12-13-25-23-11-10-22-18-20(3)14-16-27(22,5)26(23)15-17-28(24,25)6;/h19-26H,7-18H2,1-6H3;1H4. The molecular weight excluding hydrogens is 348 g/mol. The molecular formula is C29H54. The summed E-state index contributed by atoms with van der Waals surface area (Å²) in [6.07, 6.45) is 18.3. The highest BCUT2D eigenvalue weighted by Gasteiger charge is 2.60. The van der Waals surface area contributed by atoms with E-state index in [4.69, 9.17) is 0 Å². The molecule has 0 aliphatic heterocycles. The lowest BCUT2D eigenvalue weighted by molar-refractivity contribution is -0.120. The Balaban J connectivity index is 0.00000240. The van der Waals surface area contributed by atoms with Crippen molar-refractivity contribution in [1.82, 2.24) is 0 Å². The van der Waals surface area contributed by atoms with Crippen molar-refractivity contribution in [3.8, 4) is 0 Å². The SMILES string of the molecule is C.CC(C)CCCC(C)C1CCC2C3CCC4CC(C)CCC4(C)C3CCC12C. The van der Waals surface area contributed by atoms with E-state index in [1.807, 2.05) is 0 Å². The van der Waals surface area contributed by atoms with Crippen molar-refractivity contribution in [2.24, 2.45) is 58.2 Å². The molecule has 0 heterocycles. The maximum absolute atomic E-state index is 2.75. The molecule has 4 aliphatic carbocycles. The molecule has 9 atom stereocenters. The third kappa shape index (κ3) is 4.09. The Hall–Kier alpha value is 0. The molecule has 0 saturated heterocycles. The van der Waals surface area contributed by atoms with Crippen molar-refractivity contribution in [1.29, 1.82) is 0 Å². The summed E-state index contributed by atoms with van der Waals surface area (Å²) in [7, 11) is 0. The van der Waals surface area contributed by atoms with Crippen LogP contribution in [0.2, 0.25) is 0 Å². The van der Waals surface area contributed by atoms with Crippen LogP contribution in [0.3, 0.4) is 0 Å². The quantitative estimate of drug-likeness (QED) is 0.429. The van der Waals surface area contributed by atoms with Crippen molar-refractivity contribution in [3.63, 3.8) is 0 Å². The van der Waals surface area contributed by atoms with Gasteiger partial charge in [0.2, 0.25) is 0 Å². The van der Waals surface area contributed by atoms with Gasteiger partial charge in [0.15, 0.2) is 0 Å². The molecule has 0 heteroatoms. The van der Waals surface area contributed by atoms with Crippen molar-refractivity contribution >= 4 is 0 Å².